The highest BCUT2D eigenvalue weighted by atomic mass is 35.5. The third-order valence-electron chi connectivity index (χ3n) is 4.89. The lowest BCUT2D eigenvalue weighted by atomic mass is 10.1. The summed E-state index contributed by atoms with van der Waals surface area (Å²) in [7, 11) is -2.94. The van der Waals surface area contributed by atoms with Gasteiger partial charge in [-0.3, -0.25) is 4.79 Å². The van der Waals surface area contributed by atoms with Crippen LogP contribution in [0.25, 0.3) is 0 Å². The third-order valence-corrected chi connectivity index (χ3v) is 7.26. The van der Waals surface area contributed by atoms with Gasteiger partial charge in [-0.25, -0.2) is 17.6 Å². The number of methoxy groups -OCH3 is 1. The lowest BCUT2D eigenvalue weighted by Crippen LogP contribution is -2.50. The average Bonchev–Trinajstić information content (AvgIpc) is 3.01. The Balaban J connectivity index is 1.83. The Morgan fingerprint density at radius 3 is 2.30 bits per heavy atom. The van der Waals surface area contributed by atoms with E-state index in [0.29, 0.717) is 0 Å². The number of benzene rings is 1. The van der Waals surface area contributed by atoms with Crippen molar-refractivity contribution >= 4 is 33.5 Å². The molecule has 0 radical (unpaired) electrons. The number of esters is 1. The third kappa shape index (κ3) is 3.82. The number of nitrogens with zero attached hydrogens (tertiary/aromatic N) is 2. The van der Waals surface area contributed by atoms with E-state index in [0.717, 1.165) is 17.5 Å². The van der Waals surface area contributed by atoms with E-state index in [1.165, 1.54) is 30.9 Å². The van der Waals surface area contributed by atoms with Crippen LogP contribution < -0.4 is 0 Å². The maximum absolute atomic E-state index is 14.1. The average molecular weight is 459 g/mol. The van der Waals surface area contributed by atoms with Crippen LogP contribution in [0.4, 0.5) is 4.39 Å². The molecule has 30 heavy (non-hydrogen) atoms. The van der Waals surface area contributed by atoms with Crippen molar-refractivity contribution in [1.29, 1.82) is 0 Å². The summed E-state index contributed by atoms with van der Waals surface area (Å²) in [4.78, 5) is 25.9. The summed E-state index contributed by atoms with van der Waals surface area (Å²) in [6.07, 6.45) is 0. The van der Waals surface area contributed by atoms with Gasteiger partial charge in [-0.05, 0) is 26.0 Å². The van der Waals surface area contributed by atoms with Crippen LogP contribution in [-0.2, 0) is 14.8 Å². The van der Waals surface area contributed by atoms with Crippen LogP contribution in [0, 0.1) is 19.7 Å². The Morgan fingerprint density at radius 1 is 1.10 bits per heavy atom. The molecule has 2 aromatic rings. The molecule has 1 aromatic carbocycles. The molecule has 11 heteroatoms. The Morgan fingerprint density at radius 2 is 1.73 bits per heavy atom. The van der Waals surface area contributed by atoms with Crippen LogP contribution in [0.5, 0.6) is 0 Å². The monoisotopic (exact) mass is 458 g/mol. The number of aryl methyl sites for hydroxylation is 2. The van der Waals surface area contributed by atoms with E-state index in [1.807, 2.05) is 0 Å². The molecule has 0 atom stereocenters. The number of amides is 1. The quantitative estimate of drug-likeness (QED) is 0.653. The zero-order chi connectivity index (χ0) is 22.2. The summed E-state index contributed by atoms with van der Waals surface area (Å²) in [5.74, 6) is -1.95. The highest BCUT2D eigenvalue weighted by molar-refractivity contribution is 7.89. The lowest BCUT2D eigenvalue weighted by molar-refractivity contribution is 0.0594. The number of sulfonamides is 1. The van der Waals surface area contributed by atoms with Gasteiger partial charge in [0.25, 0.3) is 5.91 Å². The fraction of sp³-hybridized carbons (Fsp3) is 0.368. The normalized spacial score (nSPS) is 15.3. The van der Waals surface area contributed by atoms with Crippen LogP contribution in [0.1, 0.15) is 32.2 Å². The molecule has 1 amide bonds. The van der Waals surface area contributed by atoms with Crippen LogP contribution in [0.3, 0.4) is 0 Å². The molecule has 1 aromatic heterocycles. The van der Waals surface area contributed by atoms with Gasteiger partial charge in [0, 0.05) is 26.2 Å². The summed E-state index contributed by atoms with van der Waals surface area (Å²) < 4.78 is 51.6. The number of hydrogen-bond donors (Lipinski definition) is 0. The van der Waals surface area contributed by atoms with E-state index in [-0.39, 0.29) is 58.7 Å². The van der Waals surface area contributed by atoms with Crippen LogP contribution in [0.2, 0.25) is 5.02 Å². The first-order valence-corrected chi connectivity index (χ1v) is 10.8. The number of rotatable bonds is 4. The van der Waals surface area contributed by atoms with Gasteiger partial charge in [-0.2, -0.15) is 4.31 Å². The molecule has 0 N–H and O–H groups in total. The van der Waals surface area contributed by atoms with E-state index in [1.54, 1.807) is 0 Å². The molecular weight excluding hydrogens is 439 g/mol. The van der Waals surface area contributed by atoms with E-state index < -0.39 is 27.7 Å². The Bertz CT molecular complexity index is 1090. The summed E-state index contributed by atoms with van der Waals surface area (Å²) in [6, 6.07) is 3.95. The maximum Gasteiger partial charge on any atom is 0.342 e. The molecule has 1 aliphatic rings. The largest absolute Gasteiger partial charge is 0.465 e. The number of ether oxygens (including phenoxy) is 1. The van der Waals surface area contributed by atoms with Gasteiger partial charge in [-0.15, -0.1) is 0 Å². The Hall–Kier alpha value is -2.43. The first kappa shape index (κ1) is 22.3. The van der Waals surface area contributed by atoms with E-state index in [2.05, 4.69) is 0 Å². The fourth-order valence-electron chi connectivity index (χ4n) is 3.43. The second-order valence-corrected chi connectivity index (χ2v) is 8.99. The van der Waals surface area contributed by atoms with Crippen molar-refractivity contribution in [1.82, 2.24) is 9.21 Å². The number of halogens is 2. The fourth-order valence-corrected chi connectivity index (χ4v) is 5.47. The Kier molecular flexibility index (Phi) is 6.21. The topological polar surface area (TPSA) is 97.1 Å². The number of piperazine rings is 1. The molecule has 3 rings (SSSR count). The van der Waals surface area contributed by atoms with Gasteiger partial charge in [-0.1, -0.05) is 17.7 Å². The zero-order valence-corrected chi connectivity index (χ0v) is 18.1. The molecule has 2 heterocycles. The van der Waals surface area contributed by atoms with E-state index >= 15 is 0 Å². The summed E-state index contributed by atoms with van der Waals surface area (Å²) in [5.41, 5.74) is -0.392. The van der Waals surface area contributed by atoms with Crippen molar-refractivity contribution in [2.75, 3.05) is 33.3 Å². The lowest BCUT2D eigenvalue weighted by Gasteiger charge is -2.34. The Labute approximate surface area is 178 Å². The number of furan rings is 1. The van der Waals surface area contributed by atoms with Crippen molar-refractivity contribution in [3.63, 3.8) is 0 Å². The van der Waals surface area contributed by atoms with Crippen molar-refractivity contribution in [3.8, 4) is 0 Å². The summed E-state index contributed by atoms with van der Waals surface area (Å²) in [6.45, 7) is 2.92. The highest BCUT2D eigenvalue weighted by Crippen LogP contribution is 2.31. The molecule has 0 spiro atoms. The minimum atomic E-state index is -4.09. The molecule has 162 valence electrons. The van der Waals surface area contributed by atoms with Gasteiger partial charge < -0.3 is 14.1 Å². The molecule has 0 bridgehead atoms. The maximum atomic E-state index is 14.1. The highest BCUT2D eigenvalue weighted by Gasteiger charge is 2.38. The van der Waals surface area contributed by atoms with Crippen LogP contribution in [0.15, 0.2) is 27.5 Å². The van der Waals surface area contributed by atoms with Crippen molar-refractivity contribution < 1.29 is 31.6 Å². The van der Waals surface area contributed by atoms with Crippen LogP contribution >= 0.6 is 11.6 Å². The second kappa shape index (κ2) is 8.37. The first-order valence-electron chi connectivity index (χ1n) is 9.01. The predicted octanol–water partition coefficient (Wildman–Crippen LogP) is 2.62. The van der Waals surface area contributed by atoms with Crippen molar-refractivity contribution in [2.45, 2.75) is 18.7 Å². The van der Waals surface area contributed by atoms with Crippen molar-refractivity contribution in [3.05, 3.63) is 51.7 Å². The molecule has 0 unspecified atom stereocenters. The van der Waals surface area contributed by atoms with Crippen LogP contribution in [-0.4, -0.2) is 62.8 Å². The number of carbonyl (C=O) groups excluding carboxylic acids is 2. The van der Waals surface area contributed by atoms with E-state index in [9.17, 15) is 22.4 Å². The smallest absolute Gasteiger partial charge is 0.342 e. The van der Waals surface area contributed by atoms with Crippen molar-refractivity contribution in [2.24, 2.45) is 0 Å². The van der Waals surface area contributed by atoms with Gasteiger partial charge in [0.2, 0.25) is 10.0 Å². The van der Waals surface area contributed by atoms with Gasteiger partial charge in [0.15, 0.2) is 0 Å². The standard InChI is InChI=1S/C19H20ClFN2O6S/c1-11-15(19(25)28-3)17(12(2)29-11)30(26,27)23-9-7-22(8-10-23)18(24)16-13(20)5-4-6-14(16)21/h4-6H,7-10H2,1-3H3. The predicted molar refractivity (Wildman–Crippen MR) is 106 cm³/mol. The minimum absolute atomic E-state index is 0.0118. The molecular formula is C19H20ClFN2O6S. The molecule has 1 fully saturated rings. The zero-order valence-electron chi connectivity index (χ0n) is 16.6. The molecule has 1 saturated heterocycles. The summed E-state index contributed by atoms with van der Waals surface area (Å²) >= 11 is 5.96. The van der Waals surface area contributed by atoms with Gasteiger partial charge in [0.05, 0.1) is 17.7 Å². The van der Waals surface area contributed by atoms with E-state index in [4.69, 9.17) is 20.8 Å². The molecule has 1 aliphatic heterocycles. The minimum Gasteiger partial charge on any atom is -0.465 e. The molecule has 0 saturated carbocycles. The van der Waals surface area contributed by atoms with Gasteiger partial charge in [0.1, 0.15) is 27.8 Å². The first-order chi connectivity index (χ1) is 14.1. The SMILES string of the molecule is COC(=O)c1c(C)oc(C)c1S(=O)(=O)N1CCN(C(=O)c2c(F)cccc2Cl)CC1. The summed E-state index contributed by atoms with van der Waals surface area (Å²) in [5, 5.41) is -0.0118. The van der Waals surface area contributed by atoms with Gasteiger partial charge >= 0.3 is 5.97 Å². The molecule has 8 nitrogen and oxygen atoms in total. The molecule has 0 aliphatic carbocycles. The number of hydrogen-bond acceptors (Lipinski definition) is 6. The number of carbonyl (C=O) groups is 2. The second-order valence-electron chi connectivity index (χ2n) is 6.70.